The molecule has 94 valence electrons. The predicted molar refractivity (Wildman–Crippen MR) is 69.1 cm³/mol. The van der Waals surface area contributed by atoms with Gasteiger partial charge in [-0.1, -0.05) is 6.07 Å². The summed E-state index contributed by atoms with van der Waals surface area (Å²) in [6.45, 7) is 4.91. The van der Waals surface area contributed by atoms with Crippen molar-refractivity contribution >= 4 is 5.91 Å². The van der Waals surface area contributed by atoms with Crippen molar-refractivity contribution in [3.05, 3.63) is 29.6 Å². The van der Waals surface area contributed by atoms with Crippen LogP contribution in [0.15, 0.2) is 18.3 Å². The lowest BCUT2D eigenvalue weighted by atomic mass is 10.2. The summed E-state index contributed by atoms with van der Waals surface area (Å²) in [5.41, 5.74) is 1.57. The van der Waals surface area contributed by atoms with Gasteiger partial charge in [-0.3, -0.25) is 9.78 Å². The highest BCUT2D eigenvalue weighted by Gasteiger charge is 2.17. The molecule has 1 amide bonds. The lowest BCUT2D eigenvalue weighted by Crippen LogP contribution is -2.37. The van der Waals surface area contributed by atoms with Gasteiger partial charge in [-0.05, 0) is 45.5 Å². The zero-order valence-corrected chi connectivity index (χ0v) is 11.0. The fourth-order valence-corrected chi connectivity index (χ4v) is 1.52. The van der Waals surface area contributed by atoms with Gasteiger partial charge in [-0.2, -0.15) is 0 Å². The van der Waals surface area contributed by atoms with Crippen LogP contribution in [0.5, 0.6) is 0 Å². The largest absolute Gasteiger partial charge is 0.338 e. The number of hydrogen-bond acceptors (Lipinski definition) is 3. The number of carbonyl (C=O) groups excluding carboxylic acids is 1. The Hall–Kier alpha value is -1.42. The molecule has 0 aliphatic heterocycles. The maximum absolute atomic E-state index is 12.1. The van der Waals surface area contributed by atoms with Gasteiger partial charge in [0.25, 0.3) is 5.91 Å². The molecule has 0 saturated carbocycles. The monoisotopic (exact) mass is 235 g/mol. The van der Waals surface area contributed by atoms with Gasteiger partial charge in [0.2, 0.25) is 0 Å². The summed E-state index contributed by atoms with van der Waals surface area (Å²) in [5.74, 6) is -0.0198. The van der Waals surface area contributed by atoms with E-state index in [4.69, 9.17) is 0 Å². The van der Waals surface area contributed by atoms with Gasteiger partial charge in [-0.15, -0.1) is 0 Å². The van der Waals surface area contributed by atoms with Crippen LogP contribution >= 0.6 is 0 Å². The first-order valence-electron chi connectivity index (χ1n) is 5.90. The van der Waals surface area contributed by atoms with Gasteiger partial charge >= 0.3 is 0 Å². The summed E-state index contributed by atoms with van der Waals surface area (Å²) in [6, 6.07) is 3.89. The van der Waals surface area contributed by atoms with Crippen LogP contribution < -0.4 is 5.32 Å². The van der Waals surface area contributed by atoms with Gasteiger partial charge in [0.1, 0.15) is 5.69 Å². The molecule has 0 aliphatic rings. The van der Waals surface area contributed by atoms with Gasteiger partial charge in [-0.25, -0.2) is 0 Å². The molecule has 1 unspecified atom stereocenters. The normalized spacial score (nSPS) is 12.2. The Morgan fingerprint density at radius 3 is 2.76 bits per heavy atom. The van der Waals surface area contributed by atoms with E-state index in [9.17, 15) is 4.79 Å². The second-order valence-corrected chi connectivity index (χ2v) is 4.38. The predicted octanol–water partition coefficient (Wildman–Crippen LogP) is 1.46. The highest BCUT2D eigenvalue weighted by molar-refractivity contribution is 5.92. The van der Waals surface area contributed by atoms with E-state index in [1.54, 1.807) is 17.2 Å². The van der Waals surface area contributed by atoms with Gasteiger partial charge in [0.15, 0.2) is 0 Å². The molecule has 0 aliphatic carbocycles. The van der Waals surface area contributed by atoms with Gasteiger partial charge < -0.3 is 10.2 Å². The maximum atomic E-state index is 12.1. The van der Waals surface area contributed by atoms with E-state index in [1.807, 2.05) is 34.0 Å². The Kier molecular flexibility index (Phi) is 5.10. The summed E-state index contributed by atoms with van der Waals surface area (Å²) in [4.78, 5) is 18.0. The second-order valence-electron chi connectivity index (χ2n) is 4.38. The van der Waals surface area contributed by atoms with E-state index in [1.165, 1.54) is 0 Å². The van der Waals surface area contributed by atoms with Gasteiger partial charge in [0, 0.05) is 19.3 Å². The minimum atomic E-state index is -0.0198. The molecule has 0 spiro atoms. The van der Waals surface area contributed by atoms with Gasteiger partial charge in [0.05, 0.1) is 0 Å². The van der Waals surface area contributed by atoms with Crippen LogP contribution in [0, 0.1) is 6.92 Å². The number of rotatable bonds is 5. The zero-order chi connectivity index (χ0) is 12.8. The van der Waals surface area contributed by atoms with Crippen LogP contribution in [-0.4, -0.2) is 42.5 Å². The molecule has 1 aromatic rings. The topological polar surface area (TPSA) is 45.2 Å². The first-order valence-corrected chi connectivity index (χ1v) is 5.90. The van der Waals surface area contributed by atoms with Crippen LogP contribution in [0.3, 0.4) is 0 Å². The number of nitrogens with one attached hydrogen (secondary N) is 1. The average molecular weight is 235 g/mol. The summed E-state index contributed by atoms with van der Waals surface area (Å²) in [6.07, 6.45) is 2.66. The molecule has 0 radical (unpaired) electrons. The number of nitrogens with zero attached hydrogens (tertiary/aromatic N) is 2. The number of amides is 1. The summed E-state index contributed by atoms with van der Waals surface area (Å²) >= 11 is 0. The SMILES string of the molecule is CNCCC(C)N(C)C(=O)c1ccc(C)cn1. The Bertz CT molecular complexity index is 361. The number of aromatic nitrogens is 1. The molecule has 4 nitrogen and oxygen atoms in total. The van der Waals surface area contributed by atoms with E-state index < -0.39 is 0 Å². The molecule has 1 heterocycles. The molecule has 1 rings (SSSR count). The molecule has 1 atom stereocenters. The van der Waals surface area contributed by atoms with E-state index in [0.717, 1.165) is 18.5 Å². The minimum Gasteiger partial charge on any atom is -0.338 e. The average Bonchev–Trinajstić information content (AvgIpc) is 2.35. The van der Waals surface area contributed by atoms with E-state index >= 15 is 0 Å². The number of hydrogen-bond donors (Lipinski definition) is 1. The third kappa shape index (κ3) is 3.82. The van der Waals surface area contributed by atoms with Crippen LogP contribution in [0.2, 0.25) is 0 Å². The van der Waals surface area contributed by atoms with Crippen molar-refractivity contribution in [2.24, 2.45) is 0 Å². The molecule has 0 saturated heterocycles. The fraction of sp³-hybridized carbons (Fsp3) is 0.538. The Morgan fingerprint density at radius 2 is 2.24 bits per heavy atom. The Labute approximate surface area is 103 Å². The minimum absolute atomic E-state index is 0.0198. The number of aryl methyl sites for hydroxylation is 1. The summed E-state index contributed by atoms with van der Waals surface area (Å²) < 4.78 is 0. The molecule has 0 bridgehead atoms. The van der Waals surface area contributed by atoms with Crippen molar-refractivity contribution in [2.45, 2.75) is 26.3 Å². The Balaban J connectivity index is 2.65. The summed E-state index contributed by atoms with van der Waals surface area (Å²) in [7, 11) is 3.74. The smallest absolute Gasteiger partial charge is 0.272 e. The van der Waals surface area contributed by atoms with E-state index in [-0.39, 0.29) is 11.9 Å². The lowest BCUT2D eigenvalue weighted by molar-refractivity contribution is 0.0732. The molecule has 0 fully saturated rings. The highest BCUT2D eigenvalue weighted by atomic mass is 16.2. The second kappa shape index (κ2) is 6.35. The highest BCUT2D eigenvalue weighted by Crippen LogP contribution is 2.07. The maximum Gasteiger partial charge on any atom is 0.272 e. The van der Waals surface area contributed by atoms with E-state index in [0.29, 0.717) is 5.69 Å². The lowest BCUT2D eigenvalue weighted by Gasteiger charge is -2.24. The number of carbonyl (C=O) groups is 1. The van der Waals surface area contributed by atoms with Crippen LogP contribution in [0.1, 0.15) is 29.4 Å². The van der Waals surface area contributed by atoms with Crippen LogP contribution in [0.25, 0.3) is 0 Å². The Morgan fingerprint density at radius 1 is 1.53 bits per heavy atom. The molecule has 1 N–H and O–H groups in total. The quantitative estimate of drug-likeness (QED) is 0.840. The van der Waals surface area contributed by atoms with Crippen molar-refractivity contribution in [1.82, 2.24) is 15.2 Å². The fourth-order valence-electron chi connectivity index (χ4n) is 1.52. The third-order valence-corrected chi connectivity index (χ3v) is 2.92. The van der Waals surface area contributed by atoms with E-state index in [2.05, 4.69) is 10.3 Å². The van der Waals surface area contributed by atoms with Crippen molar-refractivity contribution < 1.29 is 4.79 Å². The van der Waals surface area contributed by atoms with Crippen molar-refractivity contribution in [3.63, 3.8) is 0 Å². The molecular formula is C13H21N3O. The standard InChI is InChI=1S/C13H21N3O/c1-10-5-6-12(15-9-10)13(17)16(4)11(2)7-8-14-3/h5-6,9,11,14H,7-8H2,1-4H3. The van der Waals surface area contributed by atoms with Crippen molar-refractivity contribution in [3.8, 4) is 0 Å². The van der Waals surface area contributed by atoms with Crippen LogP contribution in [-0.2, 0) is 0 Å². The van der Waals surface area contributed by atoms with Crippen molar-refractivity contribution in [1.29, 1.82) is 0 Å². The first kappa shape index (κ1) is 13.6. The molecule has 0 aromatic carbocycles. The summed E-state index contributed by atoms with van der Waals surface area (Å²) in [5, 5.41) is 3.09. The third-order valence-electron chi connectivity index (χ3n) is 2.92. The molecular weight excluding hydrogens is 214 g/mol. The van der Waals surface area contributed by atoms with Crippen molar-refractivity contribution in [2.75, 3.05) is 20.6 Å². The number of pyridine rings is 1. The zero-order valence-electron chi connectivity index (χ0n) is 11.0. The molecule has 4 heteroatoms. The van der Waals surface area contributed by atoms with Crippen LogP contribution in [0.4, 0.5) is 0 Å². The molecule has 1 aromatic heterocycles. The molecule has 17 heavy (non-hydrogen) atoms. The first-order chi connectivity index (χ1) is 8.06.